The third-order valence-electron chi connectivity index (χ3n) is 5.22. The average molecular weight is 404 g/mol. The van der Waals surface area contributed by atoms with Crippen molar-refractivity contribution >= 4 is 17.3 Å². The molecule has 3 N–H and O–H groups in total. The number of nitrogens with zero attached hydrogens (tertiary/aromatic N) is 1. The number of ether oxygens (including phenoxy) is 1. The highest BCUT2D eigenvalue weighted by Crippen LogP contribution is 2.26. The van der Waals surface area contributed by atoms with Gasteiger partial charge in [0, 0.05) is 5.69 Å². The number of anilines is 2. The first-order chi connectivity index (χ1) is 14.7. The number of amides is 1. The summed E-state index contributed by atoms with van der Waals surface area (Å²) in [6, 6.07) is 24.4. The minimum absolute atomic E-state index is 0.00210. The van der Waals surface area contributed by atoms with E-state index in [9.17, 15) is 9.90 Å². The molecule has 4 rings (SSSR count). The topological polar surface area (TPSA) is 66.2 Å². The molecule has 1 fully saturated rings. The molecular weight excluding hydrogens is 378 g/mol. The number of carbonyl (C=O) groups is 1. The van der Waals surface area contributed by atoms with Gasteiger partial charge in [0.05, 0.1) is 31.9 Å². The van der Waals surface area contributed by atoms with Crippen molar-refractivity contribution in [3.05, 3.63) is 78.9 Å². The third-order valence-corrected chi connectivity index (χ3v) is 5.22. The van der Waals surface area contributed by atoms with Crippen molar-refractivity contribution in [3.63, 3.8) is 0 Å². The molecule has 1 aliphatic heterocycles. The number of quaternary nitrogens is 1. The number of hydrogen-bond acceptors (Lipinski definition) is 4. The van der Waals surface area contributed by atoms with Gasteiger partial charge in [-0.05, 0) is 48.5 Å². The van der Waals surface area contributed by atoms with Crippen molar-refractivity contribution in [1.29, 1.82) is 0 Å². The van der Waals surface area contributed by atoms with Gasteiger partial charge in [0.1, 0.15) is 17.2 Å². The summed E-state index contributed by atoms with van der Waals surface area (Å²) in [7, 11) is 0. The van der Waals surface area contributed by atoms with Crippen LogP contribution in [0.4, 0.5) is 11.4 Å². The molecule has 0 unspecified atom stereocenters. The maximum absolute atomic E-state index is 12.4. The molecule has 1 amide bonds. The highest BCUT2D eigenvalue weighted by Gasteiger charge is 2.23. The maximum atomic E-state index is 12.4. The first kappa shape index (κ1) is 19.8. The van der Waals surface area contributed by atoms with Crippen LogP contribution in [0.1, 0.15) is 0 Å². The molecule has 0 aliphatic carbocycles. The zero-order chi connectivity index (χ0) is 20.8. The molecule has 0 aromatic heterocycles. The van der Waals surface area contributed by atoms with Crippen LogP contribution in [-0.2, 0) is 4.79 Å². The number of hydrogen-bond donors (Lipinski definition) is 3. The smallest absolute Gasteiger partial charge is 0.279 e. The fourth-order valence-electron chi connectivity index (χ4n) is 3.64. The normalized spacial score (nSPS) is 14.3. The molecule has 6 heteroatoms. The predicted octanol–water partition coefficient (Wildman–Crippen LogP) is 2.53. The monoisotopic (exact) mass is 404 g/mol. The Bertz CT molecular complexity index is 969. The van der Waals surface area contributed by atoms with Crippen molar-refractivity contribution in [2.24, 2.45) is 0 Å². The molecular formula is C24H26N3O3+. The summed E-state index contributed by atoms with van der Waals surface area (Å²) < 4.78 is 5.78. The molecule has 3 aromatic rings. The molecule has 154 valence electrons. The molecule has 0 saturated carbocycles. The van der Waals surface area contributed by atoms with Gasteiger partial charge in [-0.15, -0.1) is 0 Å². The summed E-state index contributed by atoms with van der Waals surface area (Å²) in [5.74, 6) is 1.81. The van der Waals surface area contributed by atoms with Gasteiger partial charge in [-0.25, -0.2) is 0 Å². The highest BCUT2D eigenvalue weighted by atomic mass is 16.5. The lowest BCUT2D eigenvalue weighted by Crippen LogP contribution is -3.15. The second-order valence-electron chi connectivity index (χ2n) is 7.39. The second kappa shape index (κ2) is 9.33. The van der Waals surface area contributed by atoms with E-state index < -0.39 is 0 Å². The Balaban J connectivity index is 1.25. The molecule has 0 atom stereocenters. The Morgan fingerprint density at radius 3 is 2.23 bits per heavy atom. The van der Waals surface area contributed by atoms with E-state index in [2.05, 4.69) is 10.2 Å². The van der Waals surface area contributed by atoms with E-state index in [4.69, 9.17) is 4.74 Å². The lowest BCUT2D eigenvalue weighted by atomic mass is 10.2. The van der Waals surface area contributed by atoms with E-state index in [0.717, 1.165) is 49.1 Å². The number of para-hydroxylation sites is 3. The number of carbonyl (C=O) groups excluding carboxylic acids is 1. The lowest BCUT2D eigenvalue weighted by molar-refractivity contribution is -0.892. The molecule has 0 radical (unpaired) electrons. The van der Waals surface area contributed by atoms with E-state index in [1.807, 2.05) is 72.8 Å². The Kier molecular flexibility index (Phi) is 6.15. The van der Waals surface area contributed by atoms with E-state index in [0.29, 0.717) is 12.3 Å². The predicted molar refractivity (Wildman–Crippen MR) is 117 cm³/mol. The summed E-state index contributed by atoms with van der Waals surface area (Å²) in [5.41, 5.74) is 1.62. The summed E-state index contributed by atoms with van der Waals surface area (Å²) in [4.78, 5) is 15.9. The zero-order valence-corrected chi connectivity index (χ0v) is 16.8. The van der Waals surface area contributed by atoms with Gasteiger partial charge in [-0.2, -0.15) is 0 Å². The Hall–Kier alpha value is -3.51. The van der Waals surface area contributed by atoms with E-state index in [1.165, 1.54) is 4.90 Å². The van der Waals surface area contributed by atoms with Crippen LogP contribution >= 0.6 is 0 Å². The van der Waals surface area contributed by atoms with Crippen molar-refractivity contribution in [2.75, 3.05) is 42.9 Å². The fraction of sp³-hybridized carbons (Fsp3) is 0.208. The minimum atomic E-state index is -0.00210. The van der Waals surface area contributed by atoms with Crippen LogP contribution in [-0.4, -0.2) is 43.7 Å². The molecule has 30 heavy (non-hydrogen) atoms. The molecule has 6 nitrogen and oxygen atoms in total. The van der Waals surface area contributed by atoms with Crippen molar-refractivity contribution < 1.29 is 19.5 Å². The lowest BCUT2D eigenvalue weighted by Gasteiger charge is -2.33. The molecule has 0 bridgehead atoms. The number of nitrogens with one attached hydrogen (secondary N) is 2. The average Bonchev–Trinajstić information content (AvgIpc) is 2.77. The maximum Gasteiger partial charge on any atom is 0.279 e. The van der Waals surface area contributed by atoms with Crippen LogP contribution in [0.15, 0.2) is 78.9 Å². The summed E-state index contributed by atoms with van der Waals surface area (Å²) in [6.07, 6.45) is 0. The number of benzene rings is 3. The van der Waals surface area contributed by atoms with Crippen LogP contribution in [0.25, 0.3) is 0 Å². The highest BCUT2D eigenvalue weighted by molar-refractivity contribution is 5.91. The van der Waals surface area contributed by atoms with Gasteiger partial charge in [-0.1, -0.05) is 30.3 Å². The van der Waals surface area contributed by atoms with Gasteiger partial charge < -0.3 is 25.0 Å². The zero-order valence-electron chi connectivity index (χ0n) is 16.8. The summed E-state index contributed by atoms with van der Waals surface area (Å²) in [6.45, 7) is 3.76. The van der Waals surface area contributed by atoms with E-state index >= 15 is 0 Å². The van der Waals surface area contributed by atoms with Crippen LogP contribution in [0.5, 0.6) is 17.2 Å². The van der Waals surface area contributed by atoms with Gasteiger partial charge in [0.25, 0.3) is 5.91 Å². The first-order valence-corrected chi connectivity index (χ1v) is 10.2. The number of aromatic hydroxyl groups is 1. The Morgan fingerprint density at radius 2 is 1.53 bits per heavy atom. The molecule has 1 aliphatic rings. The van der Waals surface area contributed by atoms with Crippen LogP contribution in [0.3, 0.4) is 0 Å². The quantitative estimate of drug-likeness (QED) is 0.591. The van der Waals surface area contributed by atoms with Crippen LogP contribution in [0.2, 0.25) is 0 Å². The van der Waals surface area contributed by atoms with Gasteiger partial charge in [0.15, 0.2) is 6.54 Å². The van der Waals surface area contributed by atoms with Gasteiger partial charge in [0.2, 0.25) is 0 Å². The summed E-state index contributed by atoms with van der Waals surface area (Å²) >= 11 is 0. The van der Waals surface area contributed by atoms with Crippen LogP contribution in [0, 0.1) is 0 Å². The number of piperazine rings is 1. The molecule has 0 spiro atoms. The minimum Gasteiger partial charge on any atom is -0.506 e. The Labute approximate surface area is 176 Å². The molecule has 1 saturated heterocycles. The third kappa shape index (κ3) is 5.10. The fourth-order valence-corrected chi connectivity index (χ4v) is 3.64. The number of phenols is 1. The second-order valence-corrected chi connectivity index (χ2v) is 7.39. The Morgan fingerprint density at radius 1 is 0.900 bits per heavy atom. The van der Waals surface area contributed by atoms with Gasteiger partial charge >= 0.3 is 0 Å². The SMILES string of the molecule is O=C(C[NH+]1CCN(c2ccccc2O)CC1)Nc1ccc(Oc2ccccc2)cc1. The molecule has 3 aromatic carbocycles. The number of rotatable bonds is 6. The van der Waals surface area contributed by atoms with Crippen molar-refractivity contribution in [1.82, 2.24) is 0 Å². The number of phenolic OH excluding ortho intramolecular Hbond substituents is 1. The van der Waals surface area contributed by atoms with Crippen molar-refractivity contribution in [3.8, 4) is 17.2 Å². The van der Waals surface area contributed by atoms with Crippen molar-refractivity contribution in [2.45, 2.75) is 0 Å². The summed E-state index contributed by atoms with van der Waals surface area (Å²) in [5, 5.41) is 13.0. The largest absolute Gasteiger partial charge is 0.506 e. The molecule has 1 heterocycles. The first-order valence-electron chi connectivity index (χ1n) is 10.2. The van der Waals surface area contributed by atoms with Crippen LogP contribution < -0.4 is 19.9 Å². The van der Waals surface area contributed by atoms with Gasteiger partial charge in [-0.3, -0.25) is 4.79 Å². The van der Waals surface area contributed by atoms with E-state index in [-0.39, 0.29) is 5.91 Å². The van der Waals surface area contributed by atoms with E-state index in [1.54, 1.807) is 6.07 Å². The standard InChI is InChI=1S/C24H25N3O3/c28-23-9-5-4-8-22(23)27-16-14-26(15-17-27)18-24(29)25-19-10-12-21(13-11-19)30-20-6-2-1-3-7-20/h1-13,28H,14-18H2,(H,25,29)/p+1.